The summed E-state index contributed by atoms with van der Waals surface area (Å²) in [5, 5.41) is 3.10. The number of nitrogens with two attached hydrogens (primary N) is 1. The molecule has 1 aromatic rings. The highest BCUT2D eigenvalue weighted by Gasteiger charge is 2.29. The van der Waals surface area contributed by atoms with Crippen LogP contribution in [-0.4, -0.2) is 11.9 Å². The topological polar surface area (TPSA) is 55.1 Å². The fraction of sp³-hybridized carbons (Fsp3) is 0.500. The van der Waals surface area contributed by atoms with Gasteiger partial charge in [0.2, 0.25) is 5.91 Å². The van der Waals surface area contributed by atoms with Crippen LogP contribution < -0.4 is 11.1 Å². The Kier molecular flexibility index (Phi) is 3.48. The molecule has 3 unspecified atom stereocenters. The molecule has 0 aliphatic heterocycles. The van der Waals surface area contributed by atoms with E-state index >= 15 is 0 Å². The van der Waals surface area contributed by atoms with Crippen molar-refractivity contribution >= 4 is 5.91 Å². The Labute approximate surface area is 102 Å². The lowest BCUT2D eigenvalue weighted by molar-refractivity contribution is -0.122. The van der Waals surface area contributed by atoms with Crippen LogP contribution in [0.4, 0.5) is 0 Å². The number of fused-ring (bicyclic) bond motifs is 1. The number of carbonyl (C=O) groups is 1. The molecule has 3 nitrogen and oxygen atoms in total. The molecule has 1 aliphatic rings. The number of rotatable bonds is 3. The van der Waals surface area contributed by atoms with E-state index in [9.17, 15) is 4.79 Å². The Morgan fingerprint density at radius 1 is 1.53 bits per heavy atom. The minimum atomic E-state index is -0.0815. The van der Waals surface area contributed by atoms with E-state index in [0.717, 1.165) is 6.42 Å². The third-order valence-electron chi connectivity index (χ3n) is 3.32. The van der Waals surface area contributed by atoms with Crippen molar-refractivity contribution < 1.29 is 4.79 Å². The number of hydrogen-bond donors (Lipinski definition) is 2. The SMILES string of the molecule is CC(N)CC(=O)NC1c2ccccc2CC1C. The van der Waals surface area contributed by atoms with Crippen LogP contribution >= 0.6 is 0 Å². The lowest BCUT2D eigenvalue weighted by Crippen LogP contribution is -2.34. The van der Waals surface area contributed by atoms with Gasteiger partial charge < -0.3 is 11.1 Å². The van der Waals surface area contributed by atoms with Crippen molar-refractivity contribution in [3.8, 4) is 0 Å². The lowest BCUT2D eigenvalue weighted by atomic mass is 10.0. The number of nitrogens with one attached hydrogen (secondary N) is 1. The van der Waals surface area contributed by atoms with Gasteiger partial charge in [0.25, 0.3) is 0 Å². The molecule has 0 heterocycles. The smallest absolute Gasteiger partial charge is 0.222 e. The Bertz CT molecular complexity index is 414. The van der Waals surface area contributed by atoms with Gasteiger partial charge in [-0.15, -0.1) is 0 Å². The van der Waals surface area contributed by atoms with Crippen molar-refractivity contribution in [1.82, 2.24) is 5.32 Å². The Morgan fingerprint density at radius 3 is 2.94 bits per heavy atom. The molecule has 1 aromatic carbocycles. The van der Waals surface area contributed by atoms with Crippen LogP contribution in [0.2, 0.25) is 0 Å². The Hall–Kier alpha value is -1.35. The second-order valence-corrected chi connectivity index (χ2v) is 5.11. The van der Waals surface area contributed by atoms with Crippen molar-refractivity contribution in [3.05, 3.63) is 35.4 Å². The summed E-state index contributed by atoms with van der Waals surface area (Å²) < 4.78 is 0. The van der Waals surface area contributed by atoms with Crippen LogP contribution in [0.3, 0.4) is 0 Å². The molecule has 0 spiro atoms. The predicted molar refractivity (Wildman–Crippen MR) is 68.5 cm³/mol. The zero-order chi connectivity index (χ0) is 12.4. The summed E-state index contributed by atoms with van der Waals surface area (Å²) in [4.78, 5) is 11.8. The van der Waals surface area contributed by atoms with Gasteiger partial charge in [0, 0.05) is 12.5 Å². The van der Waals surface area contributed by atoms with Crippen molar-refractivity contribution in [2.75, 3.05) is 0 Å². The summed E-state index contributed by atoms with van der Waals surface area (Å²) in [5.41, 5.74) is 8.25. The fourth-order valence-electron chi connectivity index (χ4n) is 2.54. The quantitative estimate of drug-likeness (QED) is 0.834. The molecule has 0 saturated heterocycles. The maximum Gasteiger partial charge on any atom is 0.222 e. The molecule has 0 aromatic heterocycles. The van der Waals surface area contributed by atoms with E-state index in [0.29, 0.717) is 12.3 Å². The first-order valence-electron chi connectivity index (χ1n) is 6.20. The van der Waals surface area contributed by atoms with Crippen LogP contribution in [0.25, 0.3) is 0 Å². The molecule has 0 bridgehead atoms. The molecule has 17 heavy (non-hydrogen) atoms. The van der Waals surface area contributed by atoms with Gasteiger partial charge in [0.1, 0.15) is 0 Å². The summed E-state index contributed by atoms with van der Waals surface area (Å²) >= 11 is 0. The van der Waals surface area contributed by atoms with Gasteiger partial charge in [-0.3, -0.25) is 4.79 Å². The highest BCUT2D eigenvalue weighted by molar-refractivity contribution is 5.77. The summed E-state index contributed by atoms with van der Waals surface area (Å²) in [5.74, 6) is 0.512. The molecule has 92 valence electrons. The summed E-state index contributed by atoms with van der Waals surface area (Å²) in [7, 11) is 0. The molecule has 3 N–H and O–H groups in total. The maximum atomic E-state index is 11.8. The third kappa shape index (κ3) is 2.67. The van der Waals surface area contributed by atoms with E-state index in [-0.39, 0.29) is 18.0 Å². The van der Waals surface area contributed by atoms with Crippen LogP contribution in [-0.2, 0) is 11.2 Å². The average Bonchev–Trinajstić information content (AvgIpc) is 2.55. The Balaban J connectivity index is 2.09. The summed E-state index contributed by atoms with van der Waals surface area (Å²) in [6.07, 6.45) is 1.44. The minimum Gasteiger partial charge on any atom is -0.349 e. The first kappa shape index (κ1) is 12.1. The van der Waals surface area contributed by atoms with E-state index in [4.69, 9.17) is 5.73 Å². The molecule has 0 fully saturated rings. The molecule has 0 radical (unpaired) electrons. The fourth-order valence-corrected chi connectivity index (χ4v) is 2.54. The van der Waals surface area contributed by atoms with Crippen LogP contribution in [0.15, 0.2) is 24.3 Å². The average molecular weight is 232 g/mol. The number of hydrogen-bond acceptors (Lipinski definition) is 2. The van der Waals surface area contributed by atoms with Gasteiger partial charge in [0.15, 0.2) is 0 Å². The largest absolute Gasteiger partial charge is 0.349 e. The predicted octanol–water partition coefficient (Wildman–Crippen LogP) is 1.77. The monoisotopic (exact) mass is 232 g/mol. The third-order valence-corrected chi connectivity index (χ3v) is 3.32. The van der Waals surface area contributed by atoms with Crippen LogP contribution in [0, 0.1) is 5.92 Å². The minimum absolute atomic E-state index is 0.0496. The molecular formula is C14H20N2O. The number of carbonyl (C=O) groups excluding carboxylic acids is 1. The second-order valence-electron chi connectivity index (χ2n) is 5.11. The molecule has 3 heteroatoms. The van der Waals surface area contributed by atoms with Crippen molar-refractivity contribution in [3.63, 3.8) is 0 Å². The summed E-state index contributed by atoms with van der Waals surface area (Å²) in [6.45, 7) is 4.03. The highest BCUT2D eigenvalue weighted by Crippen LogP contribution is 2.35. The maximum absolute atomic E-state index is 11.8. The molecular weight excluding hydrogens is 212 g/mol. The number of amides is 1. The van der Waals surface area contributed by atoms with Crippen molar-refractivity contribution in [2.45, 2.75) is 38.8 Å². The molecule has 1 aliphatic carbocycles. The van der Waals surface area contributed by atoms with Gasteiger partial charge in [-0.1, -0.05) is 31.2 Å². The van der Waals surface area contributed by atoms with E-state index in [1.807, 2.05) is 13.0 Å². The number of benzene rings is 1. The van der Waals surface area contributed by atoms with E-state index < -0.39 is 0 Å². The Morgan fingerprint density at radius 2 is 2.24 bits per heavy atom. The van der Waals surface area contributed by atoms with E-state index in [1.165, 1.54) is 11.1 Å². The first-order valence-corrected chi connectivity index (χ1v) is 6.20. The zero-order valence-corrected chi connectivity index (χ0v) is 10.4. The van der Waals surface area contributed by atoms with Gasteiger partial charge in [0.05, 0.1) is 6.04 Å². The van der Waals surface area contributed by atoms with Crippen LogP contribution in [0.5, 0.6) is 0 Å². The first-order chi connectivity index (χ1) is 8.08. The lowest BCUT2D eigenvalue weighted by Gasteiger charge is -2.19. The van der Waals surface area contributed by atoms with E-state index in [1.54, 1.807) is 0 Å². The van der Waals surface area contributed by atoms with Crippen LogP contribution in [0.1, 0.15) is 37.4 Å². The van der Waals surface area contributed by atoms with Gasteiger partial charge in [-0.25, -0.2) is 0 Å². The van der Waals surface area contributed by atoms with Crippen molar-refractivity contribution in [1.29, 1.82) is 0 Å². The summed E-state index contributed by atoms with van der Waals surface area (Å²) in [6, 6.07) is 8.40. The zero-order valence-electron chi connectivity index (χ0n) is 10.4. The van der Waals surface area contributed by atoms with E-state index in [2.05, 4.69) is 30.4 Å². The van der Waals surface area contributed by atoms with Gasteiger partial charge >= 0.3 is 0 Å². The second kappa shape index (κ2) is 4.88. The van der Waals surface area contributed by atoms with Gasteiger partial charge in [-0.05, 0) is 30.4 Å². The molecule has 1 amide bonds. The molecule has 0 saturated carbocycles. The van der Waals surface area contributed by atoms with Crippen molar-refractivity contribution in [2.24, 2.45) is 11.7 Å². The molecule has 3 atom stereocenters. The normalized spacial score (nSPS) is 24.2. The molecule has 2 rings (SSSR count). The van der Waals surface area contributed by atoms with Gasteiger partial charge in [-0.2, -0.15) is 0 Å². The highest BCUT2D eigenvalue weighted by atomic mass is 16.1. The standard InChI is InChI=1S/C14H20N2O/c1-9-7-11-5-3-4-6-12(11)14(9)16-13(17)8-10(2)15/h3-6,9-10,14H,7-8,15H2,1-2H3,(H,16,17).